The van der Waals surface area contributed by atoms with Crippen molar-refractivity contribution >= 4 is 29.1 Å². The van der Waals surface area contributed by atoms with Crippen molar-refractivity contribution in [1.82, 2.24) is 10.6 Å². The Labute approximate surface area is 225 Å². The van der Waals surface area contributed by atoms with E-state index in [0.717, 1.165) is 24.0 Å². The molecule has 0 aromatic heterocycles. The first-order valence-corrected chi connectivity index (χ1v) is 13.3. The molecule has 0 spiro atoms. The van der Waals surface area contributed by atoms with Crippen molar-refractivity contribution in [3.63, 3.8) is 0 Å². The number of nitrogens with one attached hydrogen (secondary N) is 2. The van der Waals surface area contributed by atoms with Crippen molar-refractivity contribution in [2.75, 3.05) is 6.54 Å². The van der Waals surface area contributed by atoms with Gasteiger partial charge in [0.05, 0.1) is 16.9 Å². The third kappa shape index (κ3) is 9.81. The van der Waals surface area contributed by atoms with E-state index in [-0.39, 0.29) is 18.2 Å². The van der Waals surface area contributed by atoms with Crippen molar-refractivity contribution in [3.8, 4) is 0 Å². The largest absolute Gasteiger partial charge is 0.481 e. The second-order valence-corrected chi connectivity index (χ2v) is 9.92. The topological polar surface area (TPSA) is 78.4 Å². The molecule has 3 atom stereocenters. The van der Waals surface area contributed by atoms with Crippen molar-refractivity contribution in [3.05, 3.63) is 108 Å². The minimum absolute atomic E-state index is 0.0302. The first-order valence-electron chi connectivity index (χ1n) is 12.8. The molecule has 3 aromatic rings. The molecule has 3 N–H and O–H groups in total. The van der Waals surface area contributed by atoms with E-state index in [1.807, 2.05) is 85.8 Å². The zero-order chi connectivity index (χ0) is 26.5. The summed E-state index contributed by atoms with van der Waals surface area (Å²) in [6.45, 7) is 2.69. The molecule has 0 fully saturated rings. The Balaban J connectivity index is 1.59. The van der Waals surface area contributed by atoms with Gasteiger partial charge in [-0.25, -0.2) is 0 Å². The standard InChI is InChI=1S/C31H36N2O3S/c1-23(26-17-9-4-10-18-26)20-27(31(35)36)22-29(34)33-28(21-25-14-7-3-8-15-25)30(37)32-19-11-16-24-12-5-2-6-13-24/h2-10,12-15,17-18,23,27-28H,11,16,19-22H2,1H3,(H,32,37)(H,33,34)(H,35,36)/t23-,27?,28+/m1/s1. The van der Waals surface area contributed by atoms with Crippen LogP contribution in [0.1, 0.15) is 48.8 Å². The molecule has 1 amide bonds. The second-order valence-electron chi connectivity index (χ2n) is 9.48. The van der Waals surface area contributed by atoms with Gasteiger partial charge in [0.15, 0.2) is 0 Å². The number of aryl methyl sites for hydroxylation is 1. The molecule has 3 rings (SSSR count). The number of rotatable bonds is 14. The Morgan fingerprint density at radius 2 is 1.43 bits per heavy atom. The predicted octanol–water partition coefficient (Wildman–Crippen LogP) is 5.55. The van der Waals surface area contributed by atoms with Crippen LogP contribution in [0.15, 0.2) is 91.0 Å². The van der Waals surface area contributed by atoms with E-state index < -0.39 is 17.9 Å². The van der Waals surface area contributed by atoms with E-state index in [0.29, 0.717) is 24.4 Å². The van der Waals surface area contributed by atoms with Crippen molar-refractivity contribution < 1.29 is 14.7 Å². The molecule has 194 valence electrons. The number of carbonyl (C=O) groups excluding carboxylic acids is 1. The summed E-state index contributed by atoms with van der Waals surface area (Å²) in [7, 11) is 0. The van der Waals surface area contributed by atoms with Gasteiger partial charge in [0.25, 0.3) is 0 Å². The van der Waals surface area contributed by atoms with Crippen LogP contribution in [0, 0.1) is 5.92 Å². The highest BCUT2D eigenvalue weighted by atomic mass is 32.1. The maximum atomic E-state index is 13.0. The smallest absolute Gasteiger partial charge is 0.307 e. The number of carboxylic acids is 1. The van der Waals surface area contributed by atoms with Gasteiger partial charge < -0.3 is 15.7 Å². The lowest BCUT2D eigenvalue weighted by Crippen LogP contribution is -2.48. The Morgan fingerprint density at radius 3 is 2.03 bits per heavy atom. The van der Waals surface area contributed by atoms with E-state index in [9.17, 15) is 14.7 Å². The summed E-state index contributed by atoms with van der Waals surface area (Å²) in [5, 5.41) is 16.1. The summed E-state index contributed by atoms with van der Waals surface area (Å²) in [5.41, 5.74) is 3.39. The normalized spacial score (nSPS) is 13.2. The number of hydrogen-bond acceptors (Lipinski definition) is 3. The van der Waals surface area contributed by atoms with Gasteiger partial charge in [-0.05, 0) is 48.3 Å². The molecular formula is C31H36N2O3S. The molecule has 37 heavy (non-hydrogen) atoms. The highest BCUT2D eigenvalue weighted by molar-refractivity contribution is 7.80. The lowest BCUT2D eigenvalue weighted by atomic mass is 9.88. The van der Waals surface area contributed by atoms with Gasteiger partial charge in [0.2, 0.25) is 5.91 Å². The molecule has 0 bridgehead atoms. The lowest BCUT2D eigenvalue weighted by molar-refractivity contribution is -0.144. The number of benzene rings is 3. The average molecular weight is 517 g/mol. The molecule has 5 nitrogen and oxygen atoms in total. The van der Waals surface area contributed by atoms with Crippen molar-refractivity contribution in [2.24, 2.45) is 5.92 Å². The lowest BCUT2D eigenvalue weighted by Gasteiger charge is -2.23. The quantitative estimate of drug-likeness (QED) is 0.193. The first kappa shape index (κ1) is 28.1. The summed E-state index contributed by atoms with van der Waals surface area (Å²) < 4.78 is 0. The van der Waals surface area contributed by atoms with E-state index in [2.05, 4.69) is 22.8 Å². The average Bonchev–Trinajstić information content (AvgIpc) is 2.91. The van der Waals surface area contributed by atoms with Crippen LogP contribution in [0.2, 0.25) is 0 Å². The first-order chi connectivity index (χ1) is 17.9. The van der Waals surface area contributed by atoms with Crippen LogP contribution < -0.4 is 10.6 Å². The van der Waals surface area contributed by atoms with Gasteiger partial charge in [-0.15, -0.1) is 0 Å². The van der Waals surface area contributed by atoms with Crippen LogP contribution in [0.4, 0.5) is 0 Å². The predicted molar refractivity (Wildman–Crippen MR) is 153 cm³/mol. The number of carbonyl (C=O) groups is 2. The van der Waals surface area contributed by atoms with Gasteiger partial charge >= 0.3 is 5.97 Å². The molecule has 0 aliphatic heterocycles. The summed E-state index contributed by atoms with van der Waals surface area (Å²) >= 11 is 5.68. The summed E-state index contributed by atoms with van der Waals surface area (Å²) in [4.78, 5) is 25.6. The maximum absolute atomic E-state index is 13.0. The third-order valence-corrected chi connectivity index (χ3v) is 6.94. The Bertz CT molecular complexity index is 1120. The van der Waals surface area contributed by atoms with Crippen LogP contribution in [-0.4, -0.2) is 34.6 Å². The molecule has 1 unspecified atom stereocenters. The molecule has 0 aliphatic rings. The van der Waals surface area contributed by atoms with Crippen LogP contribution >= 0.6 is 12.2 Å². The van der Waals surface area contributed by atoms with Crippen molar-refractivity contribution in [1.29, 1.82) is 0 Å². The molecular weight excluding hydrogens is 480 g/mol. The fraction of sp³-hybridized carbons (Fsp3) is 0.323. The maximum Gasteiger partial charge on any atom is 0.307 e. The number of amides is 1. The summed E-state index contributed by atoms with van der Waals surface area (Å²) in [5.74, 6) is -2.01. The van der Waals surface area contributed by atoms with E-state index in [4.69, 9.17) is 12.2 Å². The third-order valence-electron chi connectivity index (χ3n) is 6.51. The van der Waals surface area contributed by atoms with Gasteiger partial charge in [-0.1, -0.05) is 110 Å². The Morgan fingerprint density at radius 1 is 0.865 bits per heavy atom. The second kappa shape index (κ2) is 14.9. The molecule has 0 aliphatic carbocycles. The van der Waals surface area contributed by atoms with Gasteiger partial charge in [0.1, 0.15) is 0 Å². The zero-order valence-corrected chi connectivity index (χ0v) is 22.1. The number of hydrogen-bond donors (Lipinski definition) is 3. The van der Waals surface area contributed by atoms with Crippen LogP contribution in [0.5, 0.6) is 0 Å². The Kier molecular flexibility index (Phi) is 11.3. The molecule has 0 saturated heterocycles. The van der Waals surface area contributed by atoms with Crippen LogP contribution in [-0.2, 0) is 22.4 Å². The van der Waals surface area contributed by atoms with E-state index in [1.54, 1.807) is 0 Å². The van der Waals surface area contributed by atoms with Gasteiger partial charge in [-0.3, -0.25) is 9.59 Å². The zero-order valence-electron chi connectivity index (χ0n) is 21.3. The van der Waals surface area contributed by atoms with E-state index in [1.165, 1.54) is 5.56 Å². The van der Waals surface area contributed by atoms with Crippen LogP contribution in [0.25, 0.3) is 0 Å². The van der Waals surface area contributed by atoms with E-state index >= 15 is 0 Å². The molecule has 3 aromatic carbocycles. The fourth-order valence-corrected chi connectivity index (χ4v) is 4.67. The minimum Gasteiger partial charge on any atom is -0.481 e. The highest BCUT2D eigenvalue weighted by Gasteiger charge is 2.26. The Hall–Kier alpha value is -3.51. The van der Waals surface area contributed by atoms with Gasteiger partial charge in [-0.2, -0.15) is 0 Å². The van der Waals surface area contributed by atoms with Crippen molar-refractivity contribution in [2.45, 2.75) is 51.0 Å². The fourth-order valence-electron chi connectivity index (χ4n) is 4.42. The number of thiocarbonyl (C=S) groups is 1. The molecule has 0 heterocycles. The number of aliphatic carboxylic acids is 1. The summed E-state index contributed by atoms with van der Waals surface area (Å²) in [6, 6.07) is 29.5. The molecule has 6 heteroatoms. The molecule has 0 saturated carbocycles. The monoisotopic (exact) mass is 516 g/mol. The molecule has 0 radical (unpaired) electrons. The van der Waals surface area contributed by atoms with Gasteiger partial charge in [0, 0.05) is 13.0 Å². The van der Waals surface area contributed by atoms with Crippen LogP contribution in [0.3, 0.4) is 0 Å². The SMILES string of the molecule is C[C@H](CC(CC(=O)N[C@@H](Cc1ccccc1)C(=S)NCCCc1ccccc1)C(=O)O)c1ccccc1. The summed E-state index contributed by atoms with van der Waals surface area (Å²) in [6.07, 6.45) is 2.68. The number of carboxylic acid groups (broad SMARTS) is 1. The minimum atomic E-state index is -0.959. The highest BCUT2D eigenvalue weighted by Crippen LogP contribution is 2.25.